The van der Waals surface area contributed by atoms with Crippen molar-refractivity contribution in [1.82, 2.24) is 4.90 Å². The van der Waals surface area contributed by atoms with Crippen LogP contribution in [0.15, 0.2) is 72.8 Å². The summed E-state index contributed by atoms with van der Waals surface area (Å²) in [7, 11) is 0. The minimum absolute atomic E-state index is 0.149. The van der Waals surface area contributed by atoms with Crippen molar-refractivity contribution in [3.63, 3.8) is 0 Å². The molecule has 1 N–H and O–H groups in total. The van der Waals surface area contributed by atoms with E-state index in [0.717, 1.165) is 12.0 Å². The molecule has 138 valence electrons. The van der Waals surface area contributed by atoms with Crippen molar-refractivity contribution in [3.8, 4) is 0 Å². The summed E-state index contributed by atoms with van der Waals surface area (Å²) in [5.74, 6) is 0.210. The largest absolute Gasteiger partial charge is 0.465 e. The van der Waals surface area contributed by atoms with Crippen LogP contribution in [0.4, 0.5) is 4.79 Å². The van der Waals surface area contributed by atoms with Crippen molar-refractivity contribution in [2.75, 3.05) is 13.1 Å². The topological polar surface area (TPSA) is 49.8 Å². The van der Waals surface area contributed by atoms with Crippen molar-refractivity contribution in [2.24, 2.45) is 0 Å². The highest BCUT2D eigenvalue weighted by molar-refractivity contribution is 5.82. The van der Waals surface area contributed by atoms with Gasteiger partial charge in [0.05, 0.1) is 19.3 Å². The fraction of sp³-hybridized carbons (Fsp3) is 0.261. The molecule has 0 radical (unpaired) electrons. The number of hydrogen-bond donors (Lipinski definition) is 1. The maximum Gasteiger partial charge on any atom is 0.407 e. The van der Waals surface area contributed by atoms with Crippen molar-refractivity contribution in [3.05, 3.63) is 83.9 Å². The molecule has 3 aromatic rings. The molecule has 4 nitrogen and oxygen atoms in total. The molecule has 1 heterocycles. The number of carboxylic acid groups (broad SMARTS) is 1. The molecule has 1 fully saturated rings. The SMILES string of the molecule is O=C(O)N1CCC(c2ccccc2)C(OCc2ccc3ccccc3c2)C1. The summed E-state index contributed by atoms with van der Waals surface area (Å²) in [5, 5.41) is 11.8. The molecular formula is C23H23NO3. The second-order valence-electron chi connectivity index (χ2n) is 7.07. The van der Waals surface area contributed by atoms with Crippen LogP contribution >= 0.6 is 0 Å². The predicted molar refractivity (Wildman–Crippen MR) is 106 cm³/mol. The molecule has 0 bridgehead atoms. The molecule has 1 amide bonds. The first-order valence-electron chi connectivity index (χ1n) is 9.33. The minimum atomic E-state index is -0.874. The van der Waals surface area contributed by atoms with Gasteiger partial charge in [0.1, 0.15) is 0 Å². The molecule has 2 atom stereocenters. The lowest BCUT2D eigenvalue weighted by atomic mass is 9.87. The maximum absolute atomic E-state index is 11.4. The zero-order valence-corrected chi connectivity index (χ0v) is 15.1. The van der Waals surface area contributed by atoms with Crippen LogP contribution in [-0.4, -0.2) is 35.3 Å². The Labute approximate surface area is 159 Å². The number of hydrogen-bond acceptors (Lipinski definition) is 2. The van der Waals surface area contributed by atoms with E-state index in [2.05, 4.69) is 42.5 Å². The smallest absolute Gasteiger partial charge is 0.407 e. The van der Waals surface area contributed by atoms with E-state index in [0.29, 0.717) is 19.7 Å². The van der Waals surface area contributed by atoms with Crippen molar-refractivity contribution < 1.29 is 14.6 Å². The summed E-state index contributed by atoms with van der Waals surface area (Å²) < 4.78 is 6.26. The highest BCUT2D eigenvalue weighted by atomic mass is 16.5. The van der Waals surface area contributed by atoms with Gasteiger partial charge in [-0.1, -0.05) is 66.7 Å². The molecule has 0 saturated carbocycles. The molecule has 1 saturated heterocycles. The van der Waals surface area contributed by atoms with Gasteiger partial charge >= 0.3 is 6.09 Å². The van der Waals surface area contributed by atoms with Gasteiger partial charge in [0.2, 0.25) is 0 Å². The third-order valence-corrected chi connectivity index (χ3v) is 5.34. The van der Waals surface area contributed by atoms with E-state index in [4.69, 9.17) is 4.74 Å². The molecule has 1 aliphatic rings. The number of ether oxygens (including phenoxy) is 1. The average Bonchev–Trinajstić information content (AvgIpc) is 2.72. The molecule has 0 aliphatic carbocycles. The number of nitrogens with zero attached hydrogens (tertiary/aromatic N) is 1. The minimum Gasteiger partial charge on any atom is -0.465 e. The summed E-state index contributed by atoms with van der Waals surface area (Å²) in [6.45, 7) is 1.43. The number of rotatable bonds is 4. The van der Waals surface area contributed by atoms with Crippen molar-refractivity contribution in [1.29, 1.82) is 0 Å². The van der Waals surface area contributed by atoms with E-state index in [1.165, 1.54) is 21.2 Å². The van der Waals surface area contributed by atoms with Crippen LogP contribution in [-0.2, 0) is 11.3 Å². The van der Waals surface area contributed by atoms with E-state index in [1.807, 2.05) is 30.3 Å². The predicted octanol–water partition coefficient (Wildman–Crippen LogP) is 4.89. The fourth-order valence-corrected chi connectivity index (χ4v) is 3.87. The Bertz CT molecular complexity index is 925. The molecular weight excluding hydrogens is 338 g/mol. The first kappa shape index (κ1) is 17.6. The molecule has 0 aromatic heterocycles. The van der Waals surface area contributed by atoms with Gasteiger partial charge in [0.25, 0.3) is 0 Å². The Morgan fingerprint density at radius 1 is 1.00 bits per heavy atom. The Morgan fingerprint density at radius 3 is 2.52 bits per heavy atom. The average molecular weight is 361 g/mol. The van der Waals surface area contributed by atoms with Gasteiger partial charge in [-0.2, -0.15) is 0 Å². The van der Waals surface area contributed by atoms with Gasteiger partial charge in [-0.15, -0.1) is 0 Å². The molecule has 3 aromatic carbocycles. The summed E-state index contributed by atoms with van der Waals surface area (Å²) in [6, 6.07) is 24.8. The Balaban J connectivity index is 1.52. The highest BCUT2D eigenvalue weighted by Gasteiger charge is 2.33. The third kappa shape index (κ3) is 3.96. The first-order chi connectivity index (χ1) is 13.2. The third-order valence-electron chi connectivity index (χ3n) is 5.34. The second kappa shape index (κ2) is 7.80. The number of carbonyl (C=O) groups is 1. The first-order valence-corrected chi connectivity index (χ1v) is 9.33. The van der Waals surface area contributed by atoms with E-state index < -0.39 is 6.09 Å². The lowest BCUT2D eigenvalue weighted by Gasteiger charge is -2.37. The van der Waals surface area contributed by atoms with Crippen LogP contribution in [0.2, 0.25) is 0 Å². The summed E-state index contributed by atoms with van der Waals surface area (Å²) in [6.07, 6.45) is -0.247. The van der Waals surface area contributed by atoms with Crippen molar-refractivity contribution >= 4 is 16.9 Å². The lowest BCUT2D eigenvalue weighted by Crippen LogP contribution is -2.46. The Hall–Kier alpha value is -2.85. The molecule has 1 aliphatic heterocycles. The van der Waals surface area contributed by atoms with Crippen molar-refractivity contribution in [2.45, 2.75) is 25.0 Å². The number of benzene rings is 3. The van der Waals surface area contributed by atoms with E-state index in [1.54, 1.807) is 0 Å². The fourth-order valence-electron chi connectivity index (χ4n) is 3.87. The summed E-state index contributed by atoms with van der Waals surface area (Å²) in [5.41, 5.74) is 2.32. The van der Waals surface area contributed by atoms with Crippen LogP contribution in [0, 0.1) is 0 Å². The number of amides is 1. The zero-order chi connectivity index (χ0) is 18.6. The Morgan fingerprint density at radius 2 is 1.74 bits per heavy atom. The molecule has 2 unspecified atom stereocenters. The highest BCUT2D eigenvalue weighted by Crippen LogP contribution is 2.31. The van der Waals surface area contributed by atoms with Crippen LogP contribution in [0.1, 0.15) is 23.5 Å². The van der Waals surface area contributed by atoms with Gasteiger partial charge in [0.15, 0.2) is 0 Å². The van der Waals surface area contributed by atoms with Gasteiger partial charge in [0, 0.05) is 12.5 Å². The number of likely N-dealkylation sites (tertiary alicyclic amines) is 1. The molecule has 4 heteroatoms. The van der Waals surface area contributed by atoms with Gasteiger partial charge < -0.3 is 14.7 Å². The van der Waals surface area contributed by atoms with E-state index in [-0.39, 0.29) is 12.0 Å². The van der Waals surface area contributed by atoms with Gasteiger partial charge in [-0.25, -0.2) is 4.79 Å². The standard InChI is InChI=1S/C23H23NO3/c25-23(26)24-13-12-21(19-7-2-1-3-8-19)22(15-24)27-16-17-10-11-18-6-4-5-9-20(18)14-17/h1-11,14,21-22H,12-13,15-16H2,(H,25,26). The van der Waals surface area contributed by atoms with Crippen LogP contribution < -0.4 is 0 Å². The monoisotopic (exact) mass is 361 g/mol. The normalized spacial score (nSPS) is 19.9. The molecule has 0 spiro atoms. The van der Waals surface area contributed by atoms with Gasteiger partial charge in [-0.3, -0.25) is 0 Å². The number of piperidine rings is 1. The second-order valence-corrected chi connectivity index (χ2v) is 7.07. The summed E-state index contributed by atoms with van der Waals surface area (Å²) in [4.78, 5) is 12.9. The zero-order valence-electron chi connectivity index (χ0n) is 15.1. The molecule has 27 heavy (non-hydrogen) atoms. The summed E-state index contributed by atoms with van der Waals surface area (Å²) >= 11 is 0. The maximum atomic E-state index is 11.4. The van der Waals surface area contributed by atoms with Crippen LogP contribution in [0.5, 0.6) is 0 Å². The van der Waals surface area contributed by atoms with Crippen LogP contribution in [0.3, 0.4) is 0 Å². The van der Waals surface area contributed by atoms with E-state index in [9.17, 15) is 9.90 Å². The lowest BCUT2D eigenvalue weighted by molar-refractivity contribution is -0.0199. The Kier molecular flexibility index (Phi) is 5.07. The van der Waals surface area contributed by atoms with E-state index >= 15 is 0 Å². The van der Waals surface area contributed by atoms with Gasteiger partial charge in [-0.05, 0) is 34.4 Å². The molecule has 4 rings (SSSR count). The number of fused-ring (bicyclic) bond motifs is 1. The van der Waals surface area contributed by atoms with Crippen LogP contribution in [0.25, 0.3) is 10.8 Å². The quantitative estimate of drug-likeness (QED) is 0.720.